The van der Waals surface area contributed by atoms with Gasteiger partial charge in [-0.2, -0.15) is 0 Å². The SMILES string of the molecule is [CH3][Sn]([CH3])([c]1ccc(C(=O)O)cc1)[c]1ccc(C(=O)O)cc1. The maximum absolute atomic E-state index is 10.9. The first-order valence-electron chi connectivity index (χ1n) is 6.50. The molecule has 0 unspecified atom stereocenters. The van der Waals surface area contributed by atoms with E-state index in [1.165, 1.54) is 7.16 Å². The van der Waals surface area contributed by atoms with Crippen LogP contribution in [0.25, 0.3) is 0 Å². The van der Waals surface area contributed by atoms with Crippen LogP contribution in [-0.4, -0.2) is 40.5 Å². The number of carbonyl (C=O) groups is 2. The molecule has 0 spiro atoms. The predicted molar refractivity (Wildman–Crippen MR) is 83.6 cm³/mol. The second-order valence-electron chi connectivity index (χ2n) is 5.39. The van der Waals surface area contributed by atoms with Gasteiger partial charge < -0.3 is 0 Å². The summed E-state index contributed by atoms with van der Waals surface area (Å²) in [6.07, 6.45) is 0. The summed E-state index contributed by atoms with van der Waals surface area (Å²) in [6, 6.07) is 14.0. The summed E-state index contributed by atoms with van der Waals surface area (Å²) >= 11 is -2.78. The van der Waals surface area contributed by atoms with E-state index in [0.717, 1.165) is 0 Å². The molecule has 0 saturated carbocycles. The van der Waals surface area contributed by atoms with E-state index < -0.39 is 30.3 Å². The van der Waals surface area contributed by atoms with Gasteiger partial charge in [0.15, 0.2) is 0 Å². The molecule has 0 bridgehead atoms. The number of hydrogen-bond acceptors (Lipinski definition) is 2. The molecule has 0 atom stereocenters. The van der Waals surface area contributed by atoms with Crippen LogP contribution >= 0.6 is 0 Å². The zero-order valence-electron chi connectivity index (χ0n) is 11.8. The van der Waals surface area contributed by atoms with E-state index in [0.29, 0.717) is 0 Å². The molecule has 2 aromatic carbocycles. The molecular weight excluding hydrogens is 375 g/mol. The standard InChI is InChI=1S/2C7H5O2.2CH3.Sn/c2*8-7(9)6-4-2-1-3-5-6;;;/h2*2-5H,(H,8,9);2*1H3;. The van der Waals surface area contributed by atoms with Crippen molar-refractivity contribution in [3.05, 3.63) is 59.7 Å². The molecule has 21 heavy (non-hydrogen) atoms. The van der Waals surface area contributed by atoms with Crippen molar-refractivity contribution in [1.82, 2.24) is 0 Å². The van der Waals surface area contributed by atoms with Gasteiger partial charge >= 0.3 is 127 Å². The van der Waals surface area contributed by atoms with E-state index in [4.69, 9.17) is 10.2 Å². The van der Waals surface area contributed by atoms with Crippen LogP contribution in [-0.2, 0) is 0 Å². The fourth-order valence-corrected chi connectivity index (χ4v) is 8.89. The number of hydrogen-bond donors (Lipinski definition) is 2. The Morgan fingerprint density at radius 2 is 1.00 bits per heavy atom. The van der Waals surface area contributed by atoms with Gasteiger partial charge in [0, 0.05) is 0 Å². The summed E-state index contributed by atoms with van der Waals surface area (Å²) in [4.78, 5) is 26.2. The Morgan fingerprint density at radius 3 is 1.24 bits per heavy atom. The van der Waals surface area contributed by atoms with Crippen molar-refractivity contribution in [1.29, 1.82) is 0 Å². The van der Waals surface area contributed by atoms with Crippen molar-refractivity contribution in [2.24, 2.45) is 0 Å². The topological polar surface area (TPSA) is 74.6 Å². The molecule has 2 rings (SSSR count). The van der Waals surface area contributed by atoms with E-state index in [1.54, 1.807) is 24.3 Å². The molecule has 0 saturated heterocycles. The Morgan fingerprint density at radius 1 is 0.714 bits per heavy atom. The molecule has 0 aromatic heterocycles. The Bertz CT molecular complexity index is 613. The number of rotatable bonds is 4. The number of carboxylic acid groups (broad SMARTS) is 2. The average molecular weight is 391 g/mol. The second-order valence-corrected chi connectivity index (χ2v) is 18.0. The van der Waals surface area contributed by atoms with Gasteiger partial charge in [-0.15, -0.1) is 0 Å². The Labute approximate surface area is 126 Å². The molecule has 5 heteroatoms. The summed E-state index contributed by atoms with van der Waals surface area (Å²) in [5, 5.41) is 17.9. The number of aromatic carboxylic acids is 2. The molecule has 0 amide bonds. The molecule has 108 valence electrons. The van der Waals surface area contributed by atoms with Crippen LogP contribution in [0.5, 0.6) is 0 Å². The Kier molecular flexibility index (Phi) is 4.37. The third kappa shape index (κ3) is 3.26. The normalized spacial score (nSPS) is 11.1. The third-order valence-electron chi connectivity index (χ3n) is 3.71. The number of carboxylic acids is 2. The van der Waals surface area contributed by atoms with Gasteiger partial charge in [-0.1, -0.05) is 0 Å². The van der Waals surface area contributed by atoms with Gasteiger partial charge in [0.2, 0.25) is 0 Å². The molecule has 0 heterocycles. The maximum atomic E-state index is 10.9. The van der Waals surface area contributed by atoms with Crippen LogP contribution in [0.4, 0.5) is 0 Å². The quantitative estimate of drug-likeness (QED) is 0.782. The molecule has 0 aliphatic heterocycles. The molecule has 0 fully saturated rings. The number of benzene rings is 2. The minimum atomic E-state index is -2.78. The van der Waals surface area contributed by atoms with Crippen LogP contribution in [0.1, 0.15) is 20.7 Å². The first-order valence-corrected chi connectivity index (χ1v) is 15.1. The van der Waals surface area contributed by atoms with Gasteiger partial charge in [-0.25, -0.2) is 0 Å². The monoisotopic (exact) mass is 392 g/mol. The third-order valence-corrected chi connectivity index (χ3v) is 13.8. The minimum absolute atomic E-state index is 0.280. The molecule has 2 N–H and O–H groups in total. The van der Waals surface area contributed by atoms with Crippen molar-refractivity contribution in [2.75, 3.05) is 0 Å². The average Bonchev–Trinajstić information content (AvgIpc) is 2.47. The van der Waals surface area contributed by atoms with Crippen molar-refractivity contribution in [2.45, 2.75) is 9.88 Å². The summed E-state index contributed by atoms with van der Waals surface area (Å²) in [7, 11) is 0. The first-order chi connectivity index (χ1) is 9.82. The Balaban J connectivity index is 2.36. The predicted octanol–water partition coefficient (Wildman–Crippen LogP) is 1.91. The molecule has 0 aliphatic carbocycles. The zero-order chi connectivity index (χ0) is 15.6. The Hall–Kier alpha value is -1.82. The molecule has 0 aliphatic rings. The van der Waals surface area contributed by atoms with Crippen LogP contribution in [0.15, 0.2) is 48.5 Å². The van der Waals surface area contributed by atoms with E-state index in [1.807, 2.05) is 24.3 Å². The fraction of sp³-hybridized carbons (Fsp3) is 0.125. The van der Waals surface area contributed by atoms with Crippen molar-refractivity contribution >= 4 is 37.5 Å². The molecule has 0 radical (unpaired) electrons. The van der Waals surface area contributed by atoms with E-state index in [-0.39, 0.29) is 11.1 Å². The van der Waals surface area contributed by atoms with Crippen LogP contribution in [0.3, 0.4) is 0 Å². The zero-order valence-corrected chi connectivity index (χ0v) is 14.7. The van der Waals surface area contributed by atoms with Gasteiger partial charge in [0.05, 0.1) is 0 Å². The molecule has 2 aromatic rings. The summed E-state index contributed by atoms with van der Waals surface area (Å²) < 4.78 is 2.36. The van der Waals surface area contributed by atoms with Gasteiger partial charge in [0.25, 0.3) is 0 Å². The van der Waals surface area contributed by atoms with Crippen molar-refractivity contribution < 1.29 is 19.8 Å². The molecular formula is C16H16O4Sn. The fourth-order valence-electron chi connectivity index (χ4n) is 2.23. The van der Waals surface area contributed by atoms with Gasteiger partial charge in [-0.05, 0) is 0 Å². The first kappa shape index (κ1) is 15.6. The summed E-state index contributed by atoms with van der Waals surface area (Å²) in [6.45, 7) is 0. The van der Waals surface area contributed by atoms with Gasteiger partial charge in [0.1, 0.15) is 0 Å². The van der Waals surface area contributed by atoms with Crippen molar-refractivity contribution in [3.63, 3.8) is 0 Å². The van der Waals surface area contributed by atoms with E-state index in [2.05, 4.69) is 9.88 Å². The van der Waals surface area contributed by atoms with Gasteiger partial charge in [-0.3, -0.25) is 0 Å². The van der Waals surface area contributed by atoms with E-state index in [9.17, 15) is 9.59 Å². The van der Waals surface area contributed by atoms with E-state index >= 15 is 0 Å². The van der Waals surface area contributed by atoms with Crippen molar-refractivity contribution in [3.8, 4) is 0 Å². The van der Waals surface area contributed by atoms with Crippen LogP contribution in [0, 0.1) is 0 Å². The summed E-state index contributed by atoms with van der Waals surface area (Å²) in [5.41, 5.74) is 0.559. The molecule has 4 nitrogen and oxygen atoms in total. The van der Waals surface area contributed by atoms with Crippen LogP contribution < -0.4 is 7.16 Å². The summed E-state index contributed by atoms with van der Waals surface area (Å²) in [5.74, 6) is -1.86. The second kappa shape index (κ2) is 5.89. The van der Waals surface area contributed by atoms with Crippen LogP contribution in [0.2, 0.25) is 9.88 Å².